The Balaban J connectivity index is 2.26. The van der Waals surface area contributed by atoms with Gasteiger partial charge in [-0.3, -0.25) is 19.3 Å². The molecule has 0 radical (unpaired) electrons. The summed E-state index contributed by atoms with van der Waals surface area (Å²) >= 11 is 0. The fourth-order valence-corrected chi connectivity index (χ4v) is 1.95. The van der Waals surface area contributed by atoms with Crippen molar-refractivity contribution in [1.29, 1.82) is 0 Å². The Morgan fingerprint density at radius 2 is 2.14 bits per heavy atom. The zero-order valence-electron chi connectivity index (χ0n) is 11.3. The van der Waals surface area contributed by atoms with E-state index < -0.39 is 11.8 Å². The molecule has 1 aliphatic heterocycles. The number of hydrogen-bond acceptors (Lipinski definition) is 6. The summed E-state index contributed by atoms with van der Waals surface area (Å²) in [7, 11) is 1.45. The molecule has 7 nitrogen and oxygen atoms in total. The molecule has 7 heteroatoms. The number of carbonyl (C=O) groups is 3. The molecular weight excluding hydrogens is 276 g/mol. The maximum absolute atomic E-state index is 12.0. The van der Waals surface area contributed by atoms with E-state index in [0.29, 0.717) is 23.3 Å². The molecule has 0 aliphatic carbocycles. The van der Waals surface area contributed by atoms with Gasteiger partial charge < -0.3 is 15.2 Å². The van der Waals surface area contributed by atoms with E-state index in [1.807, 2.05) is 0 Å². The highest BCUT2D eigenvalue weighted by molar-refractivity contribution is 6.17. The SMILES string of the molecule is COc1ccc(C=O)cc1NC1=CC(=O)N(CCO)C1=O. The summed E-state index contributed by atoms with van der Waals surface area (Å²) < 4.78 is 5.14. The number of benzene rings is 1. The third kappa shape index (κ3) is 2.92. The molecule has 0 spiro atoms. The van der Waals surface area contributed by atoms with Gasteiger partial charge in [0, 0.05) is 11.6 Å². The highest BCUT2D eigenvalue weighted by Gasteiger charge is 2.31. The largest absolute Gasteiger partial charge is 0.495 e. The van der Waals surface area contributed by atoms with E-state index >= 15 is 0 Å². The van der Waals surface area contributed by atoms with Crippen LogP contribution >= 0.6 is 0 Å². The summed E-state index contributed by atoms with van der Waals surface area (Å²) in [5.74, 6) is -0.600. The monoisotopic (exact) mass is 290 g/mol. The van der Waals surface area contributed by atoms with Crippen LogP contribution in [0.25, 0.3) is 0 Å². The summed E-state index contributed by atoms with van der Waals surface area (Å²) in [5, 5.41) is 11.6. The van der Waals surface area contributed by atoms with Gasteiger partial charge in [-0.2, -0.15) is 0 Å². The first-order valence-corrected chi connectivity index (χ1v) is 6.19. The maximum atomic E-state index is 12.0. The number of imide groups is 1. The molecule has 0 aromatic heterocycles. The number of ether oxygens (including phenoxy) is 1. The summed E-state index contributed by atoms with van der Waals surface area (Å²) in [6.45, 7) is -0.368. The molecule has 0 fully saturated rings. The second-order valence-electron chi connectivity index (χ2n) is 4.28. The second kappa shape index (κ2) is 6.19. The van der Waals surface area contributed by atoms with E-state index in [1.54, 1.807) is 12.1 Å². The van der Waals surface area contributed by atoms with E-state index in [1.165, 1.54) is 13.2 Å². The predicted molar refractivity (Wildman–Crippen MR) is 73.9 cm³/mol. The number of aldehydes is 1. The Morgan fingerprint density at radius 3 is 2.76 bits per heavy atom. The Morgan fingerprint density at radius 1 is 1.38 bits per heavy atom. The summed E-state index contributed by atoms with van der Waals surface area (Å²) in [4.78, 5) is 35.4. The van der Waals surface area contributed by atoms with Crippen molar-refractivity contribution < 1.29 is 24.2 Å². The molecule has 0 atom stereocenters. The molecule has 21 heavy (non-hydrogen) atoms. The van der Waals surface area contributed by atoms with Crippen LogP contribution in [0.1, 0.15) is 10.4 Å². The molecule has 1 aromatic rings. The van der Waals surface area contributed by atoms with Crippen molar-refractivity contribution in [2.24, 2.45) is 0 Å². The molecule has 2 amide bonds. The van der Waals surface area contributed by atoms with Gasteiger partial charge in [0.15, 0.2) is 0 Å². The minimum atomic E-state index is -0.535. The molecule has 0 unspecified atom stereocenters. The Hall–Kier alpha value is -2.67. The number of amides is 2. The lowest BCUT2D eigenvalue weighted by atomic mass is 10.2. The minimum Gasteiger partial charge on any atom is -0.495 e. The third-order valence-corrected chi connectivity index (χ3v) is 2.96. The Labute approximate surface area is 120 Å². The fraction of sp³-hybridized carbons (Fsp3) is 0.214. The van der Waals surface area contributed by atoms with Crippen LogP contribution in [0.3, 0.4) is 0 Å². The molecule has 1 heterocycles. The van der Waals surface area contributed by atoms with E-state index in [2.05, 4.69) is 5.32 Å². The maximum Gasteiger partial charge on any atom is 0.277 e. The minimum absolute atomic E-state index is 0.0646. The molecule has 1 aliphatic rings. The predicted octanol–water partition coefficient (Wildman–Crippen LogP) is 0.165. The lowest BCUT2D eigenvalue weighted by Crippen LogP contribution is -2.34. The standard InChI is InChI=1S/C14H14N2O5/c1-21-12-3-2-9(8-18)6-10(12)15-11-7-13(19)16(4-5-17)14(11)20/h2-3,6-8,15,17H,4-5H2,1H3. The Kier molecular flexibility index (Phi) is 4.34. The third-order valence-electron chi connectivity index (χ3n) is 2.96. The van der Waals surface area contributed by atoms with Crippen molar-refractivity contribution in [1.82, 2.24) is 4.90 Å². The molecular formula is C14H14N2O5. The van der Waals surface area contributed by atoms with Crippen LogP contribution in [0.5, 0.6) is 5.75 Å². The highest BCUT2D eigenvalue weighted by Crippen LogP contribution is 2.27. The fourth-order valence-electron chi connectivity index (χ4n) is 1.95. The quantitative estimate of drug-likeness (QED) is 0.572. The number of carbonyl (C=O) groups excluding carboxylic acids is 3. The van der Waals surface area contributed by atoms with Crippen molar-refractivity contribution in [3.8, 4) is 5.75 Å². The van der Waals surface area contributed by atoms with E-state index in [0.717, 1.165) is 11.0 Å². The first-order chi connectivity index (χ1) is 10.1. The van der Waals surface area contributed by atoms with Gasteiger partial charge in [0.2, 0.25) is 0 Å². The van der Waals surface area contributed by atoms with Crippen LogP contribution in [-0.2, 0) is 9.59 Å². The van der Waals surface area contributed by atoms with Crippen LogP contribution in [0.15, 0.2) is 30.0 Å². The lowest BCUT2D eigenvalue weighted by Gasteiger charge is -2.15. The van der Waals surface area contributed by atoms with E-state index in [9.17, 15) is 14.4 Å². The van der Waals surface area contributed by atoms with Crippen molar-refractivity contribution in [2.75, 3.05) is 25.6 Å². The van der Waals surface area contributed by atoms with Gasteiger partial charge in [-0.15, -0.1) is 0 Å². The number of hydrogen-bond donors (Lipinski definition) is 2. The molecule has 0 saturated heterocycles. The number of nitrogens with zero attached hydrogens (tertiary/aromatic N) is 1. The van der Waals surface area contributed by atoms with Crippen molar-refractivity contribution in [3.63, 3.8) is 0 Å². The zero-order valence-corrected chi connectivity index (χ0v) is 11.3. The number of nitrogens with one attached hydrogen (secondary N) is 1. The summed E-state index contributed by atoms with van der Waals surface area (Å²) in [6, 6.07) is 4.67. The molecule has 2 N–H and O–H groups in total. The second-order valence-corrected chi connectivity index (χ2v) is 4.28. The van der Waals surface area contributed by atoms with Crippen LogP contribution in [0, 0.1) is 0 Å². The lowest BCUT2D eigenvalue weighted by molar-refractivity contribution is -0.137. The van der Waals surface area contributed by atoms with E-state index in [-0.39, 0.29) is 18.8 Å². The highest BCUT2D eigenvalue weighted by atomic mass is 16.5. The Bertz CT molecular complexity index is 624. The average molecular weight is 290 g/mol. The van der Waals surface area contributed by atoms with Gasteiger partial charge in [-0.25, -0.2) is 0 Å². The summed E-state index contributed by atoms with van der Waals surface area (Å²) in [5.41, 5.74) is 0.873. The van der Waals surface area contributed by atoms with Gasteiger partial charge in [0.25, 0.3) is 11.8 Å². The van der Waals surface area contributed by atoms with Crippen LogP contribution in [0.4, 0.5) is 5.69 Å². The molecule has 0 saturated carbocycles. The van der Waals surface area contributed by atoms with Crippen molar-refractivity contribution >= 4 is 23.8 Å². The van der Waals surface area contributed by atoms with Gasteiger partial charge in [0.1, 0.15) is 17.7 Å². The molecule has 0 bridgehead atoms. The van der Waals surface area contributed by atoms with Crippen molar-refractivity contribution in [3.05, 3.63) is 35.5 Å². The van der Waals surface area contributed by atoms with E-state index in [4.69, 9.17) is 9.84 Å². The van der Waals surface area contributed by atoms with Gasteiger partial charge in [0.05, 0.1) is 25.9 Å². The summed E-state index contributed by atoms with van der Waals surface area (Å²) in [6.07, 6.45) is 1.81. The topological polar surface area (TPSA) is 95.9 Å². The first kappa shape index (κ1) is 14.7. The first-order valence-electron chi connectivity index (χ1n) is 6.19. The van der Waals surface area contributed by atoms with Crippen LogP contribution in [0.2, 0.25) is 0 Å². The van der Waals surface area contributed by atoms with Gasteiger partial charge >= 0.3 is 0 Å². The molecule has 110 valence electrons. The number of β-amino-alcohol motifs (C(OH)–C–C–N with tert-alkyl or cyclic N) is 1. The van der Waals surface area contributed by atoms with Gasteiger partial charge in [-0.05, 0) is 18.2 Å². The number of anilines is 1. The molecule has 1 aromatic carbocycles. The van der Waals surface area contributed by atoms with Crippen LogP contribution in [-0.4, -0.2) is 48.4 Å². The number of aliphatic hydroxyl groups excluding tert-OH is 1. The van der Waals surface area contributed by atoms with Crippen molar-refractivity contribution in [2.45, 2.75) is 0 Å². The van der Waals surface area contributed by atoms with Gasteiger partial charge in [-0.1, -0.05) is 0 Å². The number of rotatable bonds is 6. The number of methoxy groups -OCH3 is 1. The van der Waals surface area contributed by atoms with Crippen LogP contribution < -0.4 is 10.1 Å². The smallest absolute Gasteiger partial charge is 0.277 e. The zero-order chi connectivity index (χ0) is 15.4. The normalized spacial score (nSPS) is 14.2. The average Bonchev–Trinajstić information content (AvgIpc) is 2.75. The molecule has 2 rings (SSSR count). The number of aliphatic hydroxyl groups is 1.